The molecular formula is C23H22N6O4. The third kappa shape index (κ3) is 6.20. The molecule has 3 aromatic rings. The number of pyridine rings is 2. The number of nitrogens with zero attached hydrogens (tertiary/aromatic N) is 4. The molecule has 33 heavy (non-hydrogen) atoms. The summed E-state index contributed by atoms with van der Waals surface area (Å²) in [6.07, 6.45) is 5.74. The molecule has 0 aliphatic heterocycles. The Morgan fingerprint density at radius 1 is 0.909 bits per heavy atom. The number of benzene rings is 1. The van der Waals surface area contributed by atoms with Gasteiger partial charge in [0, 0.05) is 40.5 Å². The fourth-order valence-electron chi connectivity index (χ4n) is 2.81. The average Bonchev–Trinajstić information content (AvgIpc) is 2.80. The second-order valence-corrected chi connectivity index (χ2v) is 6.93. The van der Waals surface area contributed by atoms with E-state index in [2.05, 4.69) is 31.0 Å². The summed E-state index contributed by atoms with van der Waals surface area (Å²) < 4.78 is 5.18. The predicted molar refractivity (Wildman–Crippen MR) is 123 cm³/mol. The monoisotopic (exact) mass is 446 g/mol. The van der Waals surface area contributed by atoms with Gasteiger partial charge in [0.15, 0.2) is 11.5 Å². The van der Waals surface area contributed by atoms with E-state index in [9.17, 15) is 14.7 Å². The topological polar surface area (TPSA) is 138 Å². The first-order valence-electron chi connectivity index (χ1n) is 9.80. The van der Waals surface area contributed by atoms with Gasteiger partial charge in [-0.15, -0.1) is 0 Å². The molecule has 0 unspecified atom stereocenters. The standard InChI is InChI=1S/C23H22N6O4/c1-14-8-17(4-6-24-14)22(31)28-26-12-16-10-19(21(30)20(11-16)33-3)13-27-29-23(32)18-5-7-25-15(2)9-18/h4-13,30H,1-3H3,(H,28,31)(H,29,32)/b26-12+,27-13+. The van der Waals surface area contributed by atoms with Crippen LogP contribution in [0.2, 0.25) is 0 Å². The van der Waals surface area contributed by atoms with Crippen molar-refractivity contribution in [2.75, 3.05) is 7.11 Å². The molecule has 0 bridgehead atoms. The number of hydrogen-bond donors (Lipinski definition) is 3. The number of ether oxygens (including phenoxy) is 1. The van der Waals surface area contributed by atoms with Gasteiger partial charge in [0.05, 0.1) is 19.5 Å². The van der Waals surface area contributed by atoms with Crippen LogP contribution in [-0.4, -0.2) is 46.4 Å². The van der Waals surface area contributed by atoms with E-state index in [1.807, 2.05) is 0 Å². The third-order valence-electron chi connectivity index (χ3n) is 4.41. The lowest BCUT2D eigenvalue weighted by atomic mass is 10.1. The van der Waals surface area contributed by atoms with Crippen LogP contribution in [0, 0.1) is 13.8 Å². The minimum Gasteiger partial charge on any atom is -0.504 e. The summed E-state index contributed by atoms with van der Waals surface area (Å²) in [6, 6.07) is 9.52. The summed E-state index contributed by atoms with van der Waals surface area (Å²) in [7, 11) is 1.40. The Morgan fingerprint density at radius 3 is 1.97 bits per heavy atom. The van der Waals surface area contributed by atoms with Gasteiger partial charge in [0.1, 0.15) is 0 Å². The van der Waals surface area contributed by atoms with Gasteiger partial charge in [0.25, 0.3) is 11.8 Å². The first-order valence-corrected chi connectivity index (χ1v) is 9.80. The number of aromatic nitrogens is 2. The second kappa shape index (κ2) is 10.6. The van der Waals surface area contributed by atoms with Gasteiger partial charge in [-0.25, -0.2) is 10.9 Å². The first kappa shape index (κ1) is 23.1. The zero-order chi connectivity index (χ0) is 23.8. The molecule has 10 nitrogen and oxygen atoms in total. The number of aromatic hydroxyl groups is 1. The fraction of sp³-hybridized carbons (Fsp3) is 0.130. The number of methoxy groups -OCH3 is 1. The highest BCUT2D eigenvalue weighted by atomic mass is 16.5. The minimum atomic E-state index is -0.421. The van der Waals surface area contributed by atoms with Crippen molar-refractivity contribution in [3.63, 3.8) is 0 Å². The Morgan fingerprint density at radius 2 is 1.45 bits per heavy atom. The SMILES string of the molecule is COc1cc(/C=N/NC(=O)c2ccnc(C)c2)cc(/C=N/NC(=O)c2ccnc(C)c2)c1O. The van der Waals surface area contributed by atoms with Crippen molar-refractivity contribution in [2.45, 2.75) is 13.8 Å². The maximum atomic E-state index is 12.2. The summed E-state index contributed by atoms with van der Waals surface area (Å²) in [5.74, 6) is -0.801. The quantitative estimate of drug-likeness (QED) is 0.376. The van der Waals surface area contributed by atoms with E-state index in [1.165, 1.54) is 31.8 Å². The van der Waals surface area contributed by atoms with Crippen LogP contribution in [0.5, 0.6) is 11.5 Å². The molecule has 0 saturated carbocycles. The Kier molecular flexibility index (Phi) is 7.43. The molecule has 1 aromatic carbocycles. The van der Waals surface area contributed by atoms with Gasteiger partial charge in [-0.2, -0.15) is 10.2 Å². The lowest BCUT2D eigenvalue weighted by Crippen LogP contribution is -2.18. The molecular weight excluding hydrogens is 424 g/mol. The highest BCUT2D eigenvalue weighted by Gasteiger charge is 2.10. The van der Waals surface area contributed by atoms with Crippen LogP contribution >= 0.6 is 0 Å². The second-order valence-electron chi connectivity index (χ2n) is 6.93. The average molecular weight is 446 g/mol. The molecule has 0 radical (unpaired) electrons. The molecule has 2 amide bonds. The van der Waals surface area contributed by atoms with Crippen LogP contribution in [0.15, 0.2) is 59.0 Å². The van der Waals surface area contributed by atoms with Gasteiger partial charge in [-0.1, -0.05) is 0 Å². The Balaban J connectivity index is 1.72. The molecule has 0 atom stereocenters. The molecule has 3 rings (SSSR count). The number of phenols is 1. The van der Waals surface area contributed by atoms with Crippen molar-refractivity contribution in [3.05, 3.63) is 82.4 Å². The van der Waals surface area contributed by atoms with Gasteiger partial charge in [-0.3, -0.25) is 19.6 Å². The van der Waals surface area contributed by atoms with Crippen molar-refractivity contribution in [1.29, 1.82) is 0 Å². The van der Waals surface area contributed by atoms with E-state index in [0.29, 0.717) is 28.1 Å². The van der Waals surface area contributed by atoms with Gasteiger partial charge in [0.2, 0.25) is 0 Å². The number of rotatable bonds is 7. The van der Waals surface area contributed by atoms with E-state index < -0.39 is 11.8 Å². The third-order valence-corrected chi connectivity index (χ3v) is 4.41. The van der Waals surface area contributed by atoms with Gasteiger partial charge in [-0.05, 0) is 55.8 Å². The van der Waals surface area contributed by atoms with E-state index in [0.717, 1.165) is 0 Å². The maximum Gasteiger partial charge on any atom is 0.271 e. The molecule has 3 N–H and O–H groups in total. The van der Waals surface area contributed by atoms with Crippen molar-refractivity contribution < 1.29 is 19.4 Å². The van der Waals surface area contributed by atoms with Crippen LogP contribution in [0.3, 0.4) is 0 Å². The van der Waals surface area contributed by atoms with Crippen molar-refractivity contribution in [1.82, 2.24) is 20.8 Å². The lowest BCUT2D eigenvalue weighted by Gasteiger charge is -2.08. The molecule has 0 aliphatic carbocycles. The molecule has 0 fully saturated rings. The zero-order valence-corrected chi connectivity index (χ0v) is 18.2. The number of hydrazone groups is 2. The number of phenolic OH excluding ortho intramolecular Hbond substituents is 1. The summed E-state index contributed by atoms with van der Waals surface area (Å²) in [5, 5.41) is 18.2. The number of nitrogens with one attached hydrogen (secondary N) is 2. The summed E-state index contributed by atoms with van der Waals surface area (Å²) >= 11 is 0. The highest BCUT2D eigenvalue weighted by Crippen LogP contribution is 2.30. The largest absolute Gasteiger partial charge is 0.504 e. The van der Waals surface area contributed by atoms with Crippen molar-refractivity contribution >= 4 is 24.2 Å². The molecule has 0 saturated heterocycles. The van der Waals surface area contributed by atoms with E-state index in [4.69, 9.17) is 4.74 Å². The molecule has 10 heteroatoms. The number of carbonyl (C=O) groups is 2. The van der Waals surface area contributed by atoms with E-state index >= 15 is 0 Å². The molecule has 2 aromatic heterocycles. The predicted octanol–water partition coefficient (Wildman–Crippen LogP) is 2.34. The Labute approximate surface area is 190 Å². The minimum absolute atomic E-state index is 0.163. The van der Waals surface area contributed by atoms with Crippen LogP contribution < -0.4 is 15.6 Å². The normalized spacial score (nSPS) is 11.0. The number of aryl methyl sites for hydroxylation is 2. The summed E-state index contributed by atoms with van der Waals surface area (Å²) in [6.45, 7) is 3.56. The number of hydrogen-bond acceptors (Lipinski definition) is 8. The van der Waals surface area contributed by atoms with Crippen molar-refractivity contribution in [3.8, 4) is 11.5 Å². The first-order chi connectivity index (χ1) is 15.9. The van der Waals surface area contributed by atoms with Gasteiger partial charge >= 0.3 is 0 Å². The van der Waals surface area contributed by atoms with Gasteiger partial charge < -0.3 is 9.84 Å². The van der Waals surface area contributed by atoms with Crippen molar-refractivity contribution in [2.24, 2.45) is 10.2 Å². The number of amides is 2. The van der Waals surface area contributed by atoms with E-state index in [-0.39, 0.29) is 17.1 Å². The molecule has 0 spiro atoms. The smallest absolute Gasteiger partial charge is 0.271 e. The number of carbonyl (C=O) groups excluding carboxylic acids is 2. The van der Waals surface area contributed by atoms with Crippen LogP contribution in [0.4, 0.5) is 0 Å². The van der Waals surface area contributed by atoms with E-state index in [1.54, 1.807) is 50.4 Å². The maximum absolute atomic E-state index is 12.2. The highest BCUT2D eigenvalue weighted by molar-refractivity contribution is 5.96. The molecule has 2 heterocycles. The zero-order valence-electron chi connectivity index (χ0n) is 18.2. The summed E-state index contributed by atoms with van der Waals surface area (Å²) in [5.41, 5.74) is 7.87. The van der Waals surface area contributed by atoms with Crippen LogP contribution in [0.1, 0.15) is 43.2 Å². The van der Waals surface area contributed by atoms with Crippen LogP contribution in [0.25, 0.3) is 0 Å². The molecule has 168 valence electrons. The Bertz CT molecular complexity index is 1240. The molecule has 0 aliphatic rings. The fourth-order valence-corrected chi connectivity index (χ4v) is 2.81. The lowest BCUT2D eigenvalue weighted by molar-refractivity contribution is 0.0947. The van der Waals surface area contributed by atoms with Crippen LogP contribution in [-0.2, 0) is 0 Å². The summed E-state index contributed by atoms with van der Waals surface area (Å²) in [4.78, 5) is 32.5. The Hall–Kier alpha value is -4.60.